The van der Waals surface area contributed by atoms with Gasteiger partial charge in [0.25, 0.3) is 0 Å². The molecule has 14 nitrogen and oxygen atoms in total. The van der Waals surface area contributed by atoms with E-state index in [0.717, 1.165) is 0 Å². The van der Waals surface area contributed by atoms with E-state index in [1.165, 1.54) is 0 Å². The fourth-order valence-electron chi connectivity index (χ4n) is 4.48. The molecule has 1 aromatic carbocycles. The molecular weight excluding hydrogens is 570 g/mol. The van der Waals surface area contributed by atoms with Crippen LogP contribution in [0.5, 0.6) is 0 Å². The Bertz CT molecular complexity index is 1040. The lowest BCUT2D eigenvalue weighted by Gasteiger charge is -2.26. The van der Waals surface area contributed by atoms with E-state index in [4.69, 9.17) is 17.2 Å². The van der Waals surface area contributed by atoms with E-state index in [9.17, 15) is 34.2 Å². The Hall–Kier alpha value is -3.59. The van der Waals surface area contributed by atoms with Crippen LogP contribution >= 0.6 is 0 Å². The monoisotopic (exact) mass is 621 g/mol. The number of hydrogen-bond donors (Lipinski definition) is 9. The summed E-state index contributed by atoms with van der Waals surface area (Å²) in [5.41, 5.74) is 18.0. The van der Waals surface area contributed by atoms with E-state index in [0.29, 0.717) is 50.8 Å². The Balaban J connectivity index is 3.20. The summed E-state index contributed by atoms with van der Waals surface area (Å²) in [6, 6.07) is 3.11. The van der Waals surface area contributed by atoms with Crippen LogP contribution in [0.1, 0.15) is 64.4 Å². The van der Waals surface area contributed by atoms with Gasteiger partial charge in [-0.25, -0.2) is 4.79 Å². The van der Waals surface area contributed by atoms with E-state index >= 15 is 0 Å². The molecule has 12 N–H and O–H groups in total. The van der Waals surface area contributed by atoms with Crippen molar-refractivity contribution in [3.05, 3.63) is 35.9 Å². The SMILES string of the molecule is CC(C)C[C@H](N)C(=O)N[C@@H](CCCCN)C(=O)N[C@@H](CCCCN)C(=O)N[C@@H](Cc1ccccc1)C(=O)N[C@@H](CO)C(=O)O. The number of nitrogens with one attached hydrogen (secondary N) is 4. The molecule has 0 spiro atoms. The Labute approximate surface area is 259 Å². The molecule has 14 heteroatoms. The maximum absolute atomic E-state index is 13.6. The minimum absolute atomic E-state index is 0.0190. The van der Waals surface area contributed by atoms with Crippen LogP contribution in [0.3, 0.4) is 0 Å². The molecule has 1 aromatic rings. The van der Waals surface area contributed by atoms with Crippen LogP contribution in [0.2, 0.25) is 0 Å². The van der Waals surface area contributed by atoms with Crippen molar-refractivity contribution in [3.8, 4) is 0 Å². The molecule has 0 aliphatic rings. The number of nitrogens with two attached hydrogens (primary N) is 3. The summed E-state index contributed by atoms with van der Waals surface area (Å²) in [5, 5.41) is 29.0. The summed E-state index contributed by atoms with van der Waals surface area (Å²) < 4.78 is 0. The molecule has 44 heavy (non-hydrogen) atoms. The molecule has 1 rings (SSSR count). The number of unbranched alkanes of at least 4 members (excludes halogenated alkanes) is 2. The normalized spacial score (nSPS) is 14.5. The number of carbonyl (C=O) groups is 5. The van der Waals surface area contributed by atoms with E-state index in [1.807, 2.05) is 13.8 Å². The van der Waals surface area contributed by atoms with E-state index < -0.39 is 66.4 Å². The smallest absolute Gasteiger partial charge is 0.328 e. The van der Waals surface area contributed by atoms with Gasteiger partial charge in [0.1, 0.15) is 24.2 Å². The van der Waals surface area contributed by atoms with E-state index in [-0.39, 0.29) is 25.2 Å². The van der Waals surface area contributed by atoms with Gasteiger partial charge < -0.3 is 48.7 Å². The second kappa shape index (κ2) is 21.2. The van der Waals surface area contributed by atoms with Crippen molar-refractivity contribution in [2.75, 3.05) is 19.7 Å². The highest BCUT2D eigenvalue weighted by atomic mass is 16.4. The first-order valence-corrected chi connectivity index (χ1v) is 15.2. The molecule has 248 valence electrons. The third-order valence-corrected chi connectivity index (χ3v) is 6.93. The minimum atomic E-state index is -1.57. The Morgan fingerprint density at radius 2 is 1.16 bits per heavy atom. The lowest BCUT2D eigenvalue weighted by Crippen LogP contribution is -2.59. The fraction of sp³-hybridized carbons (Fsp3) is 0.633. The van der Waals surface area contributed by atoms with Gasteiger partial charge in [-0.05, 0) is 69.5 Å². The van der Waals surface area contributed by atoms with Crippen molar-refractivity contribution in [1.82, 2.24) is 21.3 Å². The van der Waals surface area contributed by atoms with Gasteiger partial charge in [0.05, 0.1) is 12.6 Å². The molecule has 0 saturated carbocycles. The molecule has 0 radical (unpaired) electrons. The van der Waals surface area contributed by atoms with Crippen LogP contribution in [0.25, 0.3) is 0 Å². The Kier molecular flexibility index (Phi) is 18.5. The zero-order valence-electron chi connectivity index (χ0n) is 25.8. The number of hydrogen-bond acceptors (Lipinski definition) is 9. The maximum atomic E-state index is 13.6. The number of carbonyl (C=O) groups excluding carboxylic acids is 4. The molecule has 0 unspecified atom stereocenters. The summed E-state index contributed by atoms with van der Waals surface area (Å²) in [5.74, 6) is -3.83. The van der Waals surface area contributed by atoms with Crippen molar-refractivity contribution in [2.45, 2.75) is 95.4 Å². The maximum Gasteiger partial charge on any atom is 0.328 e. The van der Waals surface area contributed by atoms with Crippen LogP contribution < -0.4 is 38.5 Å². The average molecular weight is 622 g/mol. The molecule has 5 atom stereocenters. The molecule has 0 fully saturated rings. The molecule has 4 amide bonds. The third kappa shape index (κ3) is 14.7. The van der Waals surface area contributed by atoms with Crippen LogP contribution in [0.4, 0.5) is 0 Å². The molecule has 0 saturated heterocycles. The lowest BCUT2D eigenvalue weighted by molar-refractivity contribution is -0.143. The van der Waals surface area contributed by atoms with Gasteiger partial charge in [0.15, 0.2) is 0 Å². The van der Waals surface area contributed by atoms with Crippen molar-refractivity contribution >= 4 is 29.6 Å². The van der Waals surface area contributed by atoms with Crippen LogP contribution in [-0.4, -0.2) is 89.7 Å². The van der Waals surface area contributed by atoms with Gasteiger partial charge in [-0.1, -0.05) is 44.2 Å². The molecular formula is C30H51N7O7. The molecule has 0 aliphatic heterocycles. The van der Waals surface area contributed by atoms with E-state index in [2.05, 4.69) is 21.3 Å². The highest BCUT2D eigenvalue weighted by Crippen LogP contribution is 2.09. The topological polar surface area (TPSA) is 252 Å². The van der Waals surface area contributed by atoms with Gasteiger partial charge in [0, 0.05) is 6.42 Å². The quantitative estimate of drug-likeness (QED) is 0.0705. The number of aliphatic hydroxyl groups excluding tert-OH is 1. The van der Waals surface area contributed by atoms with Gasteiger partial charge >= 0.3 is 5.97 Å². The minimum Gasteiger partial charge on any atom is -0.480 e. The lowest BCUT2D eigenvalue weighted by atomic mass is 10.0. The number of amides is 4. The predicted molar refractivity (Wildman–Crippen MR) is 166 cm³/mol. The second-order valence-electron chi connectivity index (χ2n) is 11.3. The number of carboxylic acids is 1. The average Bonchev–Trinajstić information content (AvgIpc) is 2.98. The molecule has 0 aromatic heterocycles. The Morgan fingerprint density at radius 1 is 0.705 bits per heavy atom. The molecule has 0 aliphatic carbocycles. The number of benzene rings is 1. The first-order valence-electron chi connectivity index (χ1n) is 15.2. The van der Waals surface area contributed by atoms with Crippen molar-refractivity contribution in [3.63, 3.8) is 0 Å². The number of aliphatic hydroxyl groups is 1. The Morgan fingerprint density at radius 3 is 1.61 bits per heavy atom. The summed E-state index contributed by atoms with van der Waals surface area (Å²) in [6.45, 7) is 3.79. The summed E-state index contributed by atoms with van der Waals surface area (Å²) >= 11 is 0. The highest BCUT2D eigenvalue weighted by Gasteiger charge is 2.31. The van der Waals surface area contributed by atoms with Crippen LogP contribution in [0.15, 0.2) is 30.3 Å². The molecule has 0 bridgehead atoms. The summed E-state index contributed by atoms with van der Waals surface area (Å²) in [4.78, 5) is 64.3. The summed E-state index contributed by atoms with van der Waals surface area (Å²) in [6.07, 6.45) is 3.15. The first-order chi connectivity index (χ1) is 20.9. The zero-order valence-corrected chi connectivity index (χ0v) is 25.8. The van der Waals surface area contributed by atoms with Gasteiger partial charge in [-0.15, -0.1) is 0 Å². The van der Waals surface area contributed by atoms with Gasteiger partial charge in [-0.2, -0.15) is 0 Å². The first kappa shape index (κ1) is 38.4. The van der Waals surface area contributed by atoms with Crippen molar-refractivity contribution < 1.29 is 34.2 Å². The summed E-state index contributed by atoms with van der Waals surface area (Å²) in [7, 11) is 0. The standard InChI is InChI=1S/C30H51N7O7/c1-19(2)16-21(33)26(39)34-22(12-6-8-14-31)27(40)35-23(13-7-9-15-32)28(41)36-24(17-20-10-4-3-5-11-20)29(42)37-25(18-38)30(43)44/h3-5,10-11,19,21-25,38H,6-9,12-18,31-33H2,1-2H3,(H,34,39)(H,35,40)(H,36,41)(H,37,42)(H,43,44)/t21-,22-,23-,24-,25-/m0/s1. The second-order valence-corrected chi connectivity index (χ2v) is 11.3. The third-order valence-electron chi connectivity index (χ3n) is 6.93. The molecule has 0 heterocycles. The van der Waals surface area contributed by atoms with Crippen molar-refractivity contribution in [1.29, 1.82) is 0 Å². The fourth-order valence-corrected chi connectivity index (χ4v) is 4.48. The largest absolute Gasteiger partial charge is 0.480 e. The van der Waals surface area contributed by atoms with Crippen molar-refractivity contribution in [2.24, 2.45) is 23.1 Å². The number of carboxylic acid groups (broad SMARTS) is 1. The highest BCUT2D eigenvalue weighted by molar-refractivity contribution is 5.95. The van der Waals surface area contributed by atoms with Crippen LogP contribution in [-0.2, 0) is 30.4 Å². The van der Waals surface area contributed by atoms with Gasteiger partial charge in [0.2, 0.25) is 23.6 Å². The van der Waals surface area contributed by atoms with Crippen LogP contribution in [0, 0.1) is 5.92 Å². The zero-order chi connectivity index (χ0) is 33.1. The van der Waals surface area contributed by atoms with Gasteiger partial charge in [-0.3, -0.25) is 19.2 Å². The predicted octanol–water partition coefficient (Wildman–Crippen LogP) is -1.12. The van der Waals surface area contributed by atoms with E-state index in [1.54, 1.807) is 30.3 Å². The number of rotatable bonds is 22. The number of aliphatic carboxylic acids is 1.